The molecule has 0 unspecified atom stereocenters. The van der Waals surface area contributed by atoms with Gasteiger partial charge in [-0.05, 0) is 74.1 Å². The maximum Gasteiger partial charge on any atom is 0.307 e. The van der Waals surface area contributed by atoms with E-state index in [0.717, 1.165) is 61.5 Å². The molecule has 0 bridgehead atoms. The van der Waals surface area contributed by atoms with Gasteiger partial charge >= 0.3 is 11.9 Å². The molecule has 0 fully saturated rings. The molecule has 2 aromatic carbocycles. The molecular weight excluding hydrogens is 620 g/mol. The largest absolute Gasteiger partial charge is 0.461 e. The van der Waals surface area contributed by atoms with Crippen molar-refractivity contribution < 1.29 is 19.1 Å². The van der Waals surface area contributed by atoms with Gasteiger partial charge in [0.15, 0.2) is 0 Å². The highest BCUT2D eigenvalue weighted by Crippen LogP contribution is 2.21. The predicted molar refractivity (Wildman–Crippen MR) is 210 cm³/mol. The summed E-state index contributed by atoms with van der Waals surface area (Å²) in [6.07, 6.45) is 20.9. The second kappa shape index (κ2) is 28.9. The first-order valence-electron chi connectivity index (χ1n) is 20.4. The summed E-state index contributed by atoms with van der Waals surface area (Å²) in [4.78, 5) is 30.1. The van der Waals surface area contributed by atoms with Crippen LogP contribution in [-0.2, 0) is 32.3 Å². The van der Waals surface area contributed by atoms with Gasteiger partial charge in [0.05, 0.1) is 12.8 Å². The predicted octanol–water partition coefficient (Wildman–Crippen LogP) is 11.1. The number of esters is 2. The van der Waals surface area contributed by atoms with Crippen molar-refractivity contribution in [2.24, 2.45) is 0 Å². The topological polar surface area (TPSA) is 59.1 Å². The Balaban J connectivity index is 1.74. The van der Waals surface area contributed by atoms with Crippen molar-refractivity contribution in [2.45, 2.75) is 156 Å². The molecule has 0 spiro atoms. The number of unbranched alkanes of at least 4 members (excludes halogenated alkanes) is 12. The lowest BCUT2D eigenvalue weighted by molar-refractivity contribution is -0.146. The molecule has 2 aromatic rings. The highest BCUT2D eigenvalue weighted by atomic mass is 16.5. The van der Waals surface area contributed by atoms with E-state index < -0.39 is 0 Å². The minimum absolute atomic E-state index is 0.125. The lowest BCUT2D eigenvalue weighted by Crippen LogP contribution is -2.29. The molecule has 0 aliphatic heterocycles. The first-order valence-corrected chi connectivity index (χ1v) is 20.4. The van der Waals surface area contributed by atoms with Crippen LogP contribution in [0.1, 0.15) is 154 Å². The molecule has 0 heterocycles. The average Bonchev–Trinajstić information content (AvgIpc) is 3.14. The standard InChI is InChI=1S/C44H72N2O4/c1-5-9-13-17-31-45(32-18-14-10-6-2)35-29-43(47)49-37-39-21-25-41(26-22-39)42-27-23-40(24-28-42)38-50-44(48)30-36-46(33-19-15-11-7-3)34-20-16-12-8-4/h21-28H,5-20,29-38H2,1-4H3. The van der Waals surface area contributed by atoms with E-state index in [1.54, 1.807) is 0 Å². The molecule has 0 saturated heterocycles. The molecule has 0 radical (unpaired) electrons. The highest BCUT2D eigenvalue weighted by Gasteiger charge is 2.12. The second-order valence-electron chi connectivity index (χ2n) is 14.1. The van der Waals surface area contributed by atoms with Crippen molar-refractivity contribution in [2.75, 3.05) is 39.3 Å². The molecule has 0 amide bonds. The van der Waals surface area contributed by atoms with Crippen LogP contribution in [0.15, 0.2) is 48.5 Å². The van der Waals surface area contributed by atoms with Gasteiger partial charge in [-0.25, -0.2) is 0 Å². The van der Waals surface area contributed by atoms with Crippen LogP contribution in [0, 0.1) is 0 Å². The first-order chi connectivity index (χ1) is 24.5. The molecular formula is C44H72N2O4. The normalized spacial score (nSPS) is 11.4. The molecule has 0 aromatic heterocycles. The summed E-state index contributed by atoms with van der Waals surface area (Å²) < 4.78 is 11.3. The smallest absolute Gasteiger partial charge is 0.307 e. The Morgan fingerprint density at radius 3 is 1.00 bits per heavy atom. The number of carbonyl (C=O) groups is 2. The molecule has 6 heteroatoms. The van der Waals surface area contributed by atoms with E-state index in [2.05, 4.69) is 61.8 Å². The van der Waals surface area contributed by atoms with Crippen molar-refractivity contribution in [3.63, 3.8) is 0 Å². The van der Waals surface area contributed by atoms with Crippen molar-refractivity contribution in [1.82, 2.24) is 9.80 Å². The van der Waals surface area contributed by atoms with E-state index >= 15 is 0 Å². The number of ether oxygens (including phenoxy) is 2. The van der Waals surface area contributed by atoms with Crippen LogP contribution in [0.2, 0.25) is 0 Å². The molecule has 282 valence electrons. The number of nitrogens with zero attached hydrogens (tertiary/aromatic N) is 2. The Labute approximate surface area is 306 Å². The third kappa shape index (κ3) is 20.8. The molecule has 0 aliphatic carbocycles. The number of hydrogen-bond donors (Lipinski definition) is 0. The van der Waals surface area contributed by atoms with Gasteiger partial charge < -0.3 is 19.3 Å². The highest BCUT2D eigenvalue weighted by molar-refractivity contribution is 5.70. The second-order valence-corrected chi connectivity index (χ2v) is 14.1. The Kier molecular flexibility index (Phi) is 25.2. The van der Waals surface area contributed by atoms with E-state index in [9.17, 15) is 9.59 Å². The molecule has 0 atom stereocenters. The molecule has 2 rings (SSSR count). The molecule has 0 aliphatic rings. The van der Waals surface area contributed by atoms with Crippen molar-refractivity contribution in [1.29, 1.82) is 0 Å². The zero-order chi connectivity index (χ0) is 36.1. The van der Waals surface area contributed by atoms with Crippen molar-refractivity contribution in [3.05, 3.63) is 59.7 Å². The average molecular weight is 693 g/mol. The van der Waals surface area contributed by atoms with Crippen molar-refractivity contribution in [3.8, 4) is 11.1 Å². The van der Waals surface area contributed by atoms with E-state index in [4.69, 9.17) is 9.47 Å². The summed E-state index contributed by atoms with van der Waals surface area (Å²) in [6, 6.07) is 16.4. The van der Waals surface area contributed by atoms with E-state index in [0.29, 0.717) is 26.1 Å². The number of carbonyl (C=O) groups excluding carboxylic acids is 2. The fourth-order valence-electron chi connectivity index (χ4n) is 6.28. The number of rotatable bonds is 31. The van der Waals surface area contributed by atoms with Crippen LogP contribution in [0.4, 0.5) is 0 Å². The van der Waals surface area contributed by atoms with Crippen LogP contribution in [0.5, 0.6) is 0 Å². The monoisotopic (exact) mass is 693 g/mol. The summed E-state index contributed by atoms with van der Waals surface area (Å²) in [7, 11) is 0. The van der Waals surface area contributed by atoms with Gasteiger partial charge in [-0.2, -0.15) is 0 Å². The van der Waals surface area contributed by atoms with E-state index in [1.165, 1.54) is 103 Å². The maximum absolute atomic E-state index is 12.6. The summed E-state index contributed by atoms with van der Waals surface area (Å²) in [5, 5.41) is 0. The van der Waals surface area contributed by atoms with Crippen LogP contribution in [0.25, 0.3) is 11.1 Å². The fraction of sp³-hybridized carbons (Fsp3) is 0.682. The first kappa shape index (κ1) is 43.5. The van der Waals surface area contributed by atoms with Gasteiger partial charge in [0, 0.05) is 13.1 Å². The van der Waals surface area contributed by atoms with Crippen LogP contribution in [0.3, 0.4) is 0 Å². The Morgan fingerprint density at radius 2 is 0.720 bits per heavy atom. The van der Waals surface area contributed by atoms with Crippen LogP contribution < -0.4 is 0 Å². The molecule has 0 saturated carbocycles. The van der Waals surface area contributed by atoms with E-state index in [1.807, 2.05) is 24.3 Å². The van der Waals surface area contributed by atoms with Gasteiger partial charge in [-0.3, -0.25) is 9.59 Å². The number of hydrogen-bond acceptors (Lipinski definition) is 6. The minimum atomic E-state index is -0.125. The lowest BCUT2D eigenvalue weighted by atomic mass is 10.0. The summed E-state index contributed by atoms with van der Waals surface area (Å²) >= 11 is 0. The van der Waals surface area contributed by atoms with Gasteiger partial charge in [-0.15, -0.1) is 0 Å². The Bertz CT molecular complexity index is 1000. The van der Waals surface area contributed by atoms with Gasteiger partial charge in [0.1, 0.15) is 13.2 Å². The van der Waals surface area contributed by atoms with Crippen molar-refractivity contribution >= 4 is 11.9 Å². The van der Waals surface area contributed by atoms with E-state index in [-0.39, 0.29) is 11.9 Å². The zero-order valence-corrected chi connectivity index (χ0v) is 32.5. The van der Waals surface area contributed by atoms with Gasteiger partial charge in [-0.1, -0.05) is 153 Å². The summed E-state index contributed by atoms with van der Waals surface area (Å²) in [6.45, 7) is 15.4. The SMILES string of the molecule is CCCCCCN(CCCCCC)CCC(=O)OCc1ccc(-c2ccc(COC(=O)CCN(CCCCCC)CCCCCC)cc2)cc1. The minimum Gasteiger partial charge on any atom is -0.461 e. The third-order valence-corrected chi connectivity index (χ3v) is 9.62. The summed E-state index contributed by atoms with van der Waals surface area (Å²) in [5.41, 5.74) is 4.18. The lowest BCUT2D eigenvalue weighted by Gasteiger charge is -2.22. The third-order valence-electron chi connectivity index (χ3n) is 9.62. The quantitative estimate of drug-likeness (QED) is 0.0579. The van der Waals surface area contributed by atoms with Gasteiger partial charge in [0.25, 0.3) is 0 Å². The Hall–Kier alpha value is -2.70. The van der Waals surface area contributed by atoms with Gasteiger partial charge in [0.2, 0.25) is 0 Å². The van der Waals surface area contributed by atoms with Crippen LogP contribution >= 0.6 is 0 Å². The molecule has 0 N–H and O–H groups in total. The molecule has 6 nitrogen and oxygen atoms in total. The number of benzene rings is 2. The zero-order valence-electron chi connectivity index (χ0n) is 32.5. The Morgan fingerprint density at radius 1 is 0.420 bits per heavy atom. The maximum atomic E-state index is 12.6. The summed E-state index contributed by atoms with van der Waals surface area (Å²) in [5.74, 6) is -0.251. The fourth-order valence-corrected chi connectivity index (χ4v) is 6.28. The van der Waals surface area contributed by atoms with Crippen LogP contribution in [-0.4, -0.2) is 61.0 Å². The molecule has 50 heavy (non-hydrogen) atoms.